The third-order valence-electron chi connectivity index (χ3n) is 2.68. The lowest BCUT2D eigenvalue weighted by Crippen LogP contribution is -2.28. The average molecular weight is 432 g/mol. The van der Waals surface area contributed by atoms with Crippen LogP contribution in [0.4, 0.5) is 0 Å². The molecule has 2 heterocycles. The molecule has 1 fully saturated rings. The first-order valence-corrected chi connectivity index (χ1v) is 8.44. The fraction of sp³-hybridized carbons (Fsp3) is 0.500. The van der Waals surface area contributed by atoms with Gasteiger partial charge in [0, 0.05) is 18.4 Å². The van der Waals surface area contributed by atoms with Crippen molar-refractivity contribution in [3.63, 3.8) is 0 Å². The number of nitrogens with zero attached hydrogens (tertiary/aromatic N) is 1. The largest absolute Gasteiger partial charge is 0.338 e. The van der Waals surface area contributed by atoms with Crippen LogP contribution in [0.3, 0.4) is 0 Å². The van der Waals surface area contributed by atoms with Gasteiger partial charge in [-0.05, 0) is 50.3 Å². The lowest BCUT2D eigenvalue weighted by Gasteiger charge is -2.15. The summed E-state index contributed by atoms with van der Waals surface area (Å²) in [7, 11) is 0. The summed E-state index contributed by atoms with van der Waals surface area (Å²) in [5, 5.41) is 0.977. The predicted octanol–water partition coefficient (Wildman–Crippen LogP) is 4.13. The smallest absolute Gasteiger partial charge is 0.255 e. The van der Waals surface area contributed by atoms with Gasteiger partial charge >= 0.3 is 0 Å². The van der Waals surface area contributed by atoms with Gasteiger partial charge in [0.2, 0.25) is 0 Å². The highest BCUT2D eigenvalue weighted by atomic mass is 79.9. The van der Waals surface area contributed by atoms with Crippen LogP contribution in [0, 0.1) is 5.92 Å². The molecule has 1 saturated heterocycles. The maximum absolute atomic E-state index is 12.2. The number of amides is 1. The third-order valence-corrected chi connectivity index (χ3v) is 5.93. The van der Waals surface area contributed by atoms with Crippen molar-refractivity contribution in [2.75, 3.05) is 18.4 Å². The van der Waals surface area contributed by atoms with E-state index in [1.54, 1.807) is 0 Å². The van der Waals surface area contributed by atoms with Crippen LogP contribution >= 0.6 is 59.1 Å². The molecule has 0 radical (unpaired) electrons. The normalized spacial score (nSPS) is 20.4. The Hall–Kier alpha value is 0.610. The third kappa shape index (κ3) is 2.71. The summed E-state index contributed by atoms with van der Waals surface area (Å²) in [5.74, 6) is 0.738. The Morgan fingerprint density at radius 1 is 1.56 bits per heavy atom. The first-order chi connectivity index (χ1) is 7.61. The van der Waals surface area contributed by atoms with Crippen molar-refractivity contribution >= 4 is 65.0 Å². The Morgan fingerprint density at radius 2 is 2.31 bits per heavy atom. The van der Waals surface area contributed by atoms with E-state index >= 15 is 0 Å². The number of alkyl halides is 1. The predicted molar refractivity (Wildman–Crippen MR) is 77.5 cm³/mol. The standard InChI is InChI=1S/C10H10Br3NOS/c11-4-6-1-2-14(5-6)10(15)7-3-8(12)16-9(7)13/h3,6H,1-2,4-5H2. The van der Waals surface area contributed by atoms with E-state index < -0.39 is 0 Å². The Bertz CT molecular complexity index is 407. The lowest BCUT2D eigenvalue weighted by atomic mass is 10.2. The molecular weight excluding hydrogens is 422 g/mol. The lowest BCUT2D eigenvalue weighted by molar-refractivity contribution is 0.0788. The molecule has 0 aromatic carbocycles. The molecule has 88 valence electrons. The maximum Gasteiger partial charge on any atom is 0.255 e. The van der Waals surface area contributed by atoms with Crippen molar-refractivity contribution in [3.05, 3.63) is 19.2 Å². The van der Waals surface area contributed by atoms with Crippen molar-refractivity contribution < 1.29 is 4.79 Å². The molecule has 1 atom stereocenters. The molecule has 2 rings (SSSR count). The fourth-order valence-electron chi connectivity index (χ4n) is 1.80. The van der Waals surface area contributed by atoms with E-state index in [1.165, 1.54) is 11.3 Å². The van der Waals surface area contributed by atoms with Gasteiger partial charge in [-0.2, -0.15) is 0 Å². The topological polar surface area (TPSA) is 20.3 Å². The van der Waals surface area contributed by atoms with E-state index in [-0.39, 0.29) is 5.91 Å². The van der Waals surface area contributed by atoms with Gasteiger partial charge in [-0.1, -0.05) is 15.9 Å². The summed E-state index contributed by atoms with van der Waals surface area (Å²) in [5.41, 5.74) is 0.770. The monoisotopic (exact) mass is 429 g/mol. The number of carbonyl (C=O) groups is 1. The second-order valence-electron chi connectivity index (χ2n) is 3.80. The van der Waals surface area contributed by atoms with E-state index in [9.17, 15) is 4.79 Å². The zero-order valence-electron chi connectivity index (χ0n) is 8.38. The molecule has 0 aliphatic carbocycles. The van der Waals surface area contributed by atoms with Crippen LogP contribution in [0.25, 0.3) is 0 Å². The number of likely N-dealkylation sites (tertiary alicyclic amines) is 1. The quantitative estimate of drug-likeness (QED) is 0.645. The zero-order valence-corrected chi connectivity index (χ0v) is 14.0. The number of carbonyl (C=O) groups excluding carboxylic acids is 1. The summed E-state index contributed by atoms with van der Waals surface area (Å²) in [6.45, 7) is 1.74. The molecule has 0 saturated carbocycles. The minimum atomic E-state index is 0.136. The Balaban J connectivity index is 2.11. The minimum absolute atomic E-state index is 0.136. The molecule has 1 aromatic rings. The molecule has 1 aliphatic rings. The summed E-state index contributed by atoms with van der Waals surface area (Å²) >= 11 is 11.8. The van der Waals surface area contributed by atoms with Gasteiger partial charge in [0.15, 0.2) is 0 Å². The minimum Gasteiger partial charge on any atom is -0.338 e. The molecule has 6 heteroatoms. The number of hydrogen-bond donors (Lipinski definition) is 0. The highest BCUT2D eigenvalue weighted by Crippen LogP contribution is 2.33. The van der Waals surface area contributed by atoms with E-state index in [0.717, 1.165) is 38.0 Å². The van der Waals surface area contributed by atoms with E-state index in [4.69, 9.17) is 0 Å². The molecule has 2 nitrogen and oxygen atoms in total. The van der Waals surface area contributed by atoms with Crippen molar-refractivity contribution in [2.24, 2.45) is 5.92 Å². The van der Waals surface area contributed by atoms with Crippen LogP contribution in [-0.4, -0.2) is 29.2 Å². The second-order valence-corrected chi connectivity index (χ2v) is 8.19. The highest BCUT2D eigenvalue weighted by molar-refractivity contribution is 9.12. The van der Waals surface area contributed by atoms with Gasteiger partial charge in [0.25, 0.3) is 5.91 Å². The molecule has 1 amide bonds. The van der Waals surface area contributed by atoms with Crippen LogP contribution in [0.2, 0.25) is 0 Å². The molecule has 0 bridgehead atoms. The summed E-state index contributed by atoms with van der Waals surface area (Å²) in [4.78, 5) is 14.1. The molecule has 0 N–H and O–H groups in total. The van der Waals surface area contributed by atoms with Gasteiger partial charge in [-0.3, -0.25) is 4.79 Å². The summed E-state index contributed by atoms with van der Waals surface area (Å²) in [6.07, 6.45) is 1.10. The SMILES string of the molecule is O=C(c1cc(Br)sc1Br)N1CCC(CBr)C1. The van der Waals surface area contributed by atoms with Crippen LogP contribution in [0.1, 0.15) is 16.8 Å². The van der Waals surface area contributed by atoms with Gasteiger partial charge in [0.05, 0.1) is 13.1 Å². The number of hydrogen-bond acceptors (Lipinski definition) is 2. The maximum atomic E-state index is 12.2. The second kappa shape index (κ2) is 5.50. The van der Waals surface area contributed by atoms with Crippen molar-refractivity contribution in [2.45, 2.75) is 6.42 Å². The van der Waals surface area contributed by atoms with Crippen LogP contribution in [0.15, 0.2) is 13.6 Å². The molecule has 16 heavy (non-hydrogen) atoms. The van der Waals surface area contributed by atoms with Crippen LogP contribution in [-0.2, 0) is 0 Å². The van der Waals surface area contributed by atoms with E-state index in [0.29, 0.717) is 5.92 Å². The van der Waals surface area contributed by atoms with Crippen molar-refractivity contribution in [3.8, 4) is 0 Å². The van der Waals surface area contributed by atoms with Crippen molar-refractivity contribution in [1.82, 2.24) is 4.90 Å². The first-order valence-electron chi connectivity index (χ1n) is 4.92. The number of halogens is 3. The summed E-state index contributed by atoms with van der Waals surface area (Å²) in [6, 6.07) is 1.89. The van der Waals surface area contributed by atoms with Gasteiger partial charge in [-0.25, -0.2) is 0 Å². The van der Waals surface area contributed by atoms with Gasteiger partial charge < -0.3 is 4.90 Å². The summed E-state index contributed by atoms with van der Waals surface area (Å²) < 4.78 is 1.89. The fourth-order valence-corrected chi connectivity index (χ4v) is 5.11. The molecular formula is C10H10Br3NOS. The van der Waals surface area contributed by atoms with E-state index in [1.807, 2.05) is 11.0 Å². The van der Waals surface area contributed by atoms with Crippen molar-refractivity contribution in [1.29, 1.82) is 0 Å². The Labute approximate surface area is 124 Å². The zero-order chi connectivity index (χ0) is 11.7. The van der Waals surface area contributed by atoms with Crippen LogP contribution < -0.4 is 0 Å². The average Bonchev–Trinajstić information content (AvgIpc) is 2.84. The Kier molecular flexibility index (Phi) is 4.49. The van der Waals surface area contributed by atoms with E-state index in [2.05, 4.69) is 47.8 Å². The number of rotatable bonds is 2. The molecule has 0 spiro atoms. The van der Waals surface area contributed by atoms with Gasteiger partial charge in [0.1, 0.15) is 0 Å². The molecule has 1 unspecified atom stereocenters. The van der Waals surface area contributed by atoms with Crippen LogP contribution in [0.5, 0.6) is 0 Å². The molecule has 1 aliphatic heterocycles. The van der Waals surface area contributed by atoms with Gasteiger partial charge in [-0.15, -0.1) is 11.3 Å². The Morgan fingerprint density at radius 3 is 2.81 bits per heavy atom. The number of thiophene rings is 1. The molecule has 1 aromatic heterocycles. The highest BCUT2D eigenvalue weighted by Gasteiger charge is 2.27. The first kappa shape index (κ1) is 13.1.